The second kappa shape index (κ2) is 9.02. The monoisotopic (exact) mass is 343 g/mol. The quantitative estimate of drug-likeness (QED) is 0.776. The minimum absolute atomic E-state index is 0. The van der Waals surface area contributed by atoms with Gasteiger partial charge in [-0.1, -0.05) is 5.16 Å². The summed E-state index contributed by atoms with van der Waals surface area (Å²) >= 11 is 1.70. The van der Waals surface area contributed by atoms with Crippen LogP contribution in [0.15, 0.2) is 33.7 Å². The number of nitrogens with one attached hydrogen (secondary N) is 1. The predicted molar refractivity (Wildman–Crippen MR) is 91.0 cm³/mol. The molecule has 1 heterocycles. The Bertz CT molecular complexity index is 562. The molecule has 2 atom stereocenters. The van der Waals surface area contributed by atoms with Crippen LogP contribution in [0.2, 0.25) is 0 Å². The van der Waals surface area contributed by atoms with Crippen molar-refractivity contribution < 1.29 is 9.26 Å². The molecule has 1 N–H and O–H groups in total. The van der Waals surface area contributed by atoms with Crippen LogP contribution >= 0.6 is 24.2 Å². The topological polar surface area (TPSA) is 60.2 Å². The van der Waals surface area contributed by atoms with E-state index in [0.29, 0.717) is 17.8 Å². The lowest BCUT2D eigenvalue weighted by molar-refractivity contribution is 0.175. The highest BCUT2D eigenvalue weighted by atomic mass is 35.5. The molecule has 1 aromatic heterocycles. The van der Waals surface area contributed by atoms with Crippen LogP contribution in [-0.2, 0) is 6.42 Å². The van der Waals surface area contributed by atoms with Crippen molar-refractivity contribution in [1.29, 1.82) is 0 Å². The summed E-state index contributed by atoms with van der Waals surface area (Å²) in [7, 11) is 1.91. The number of benzene rings is 1. The molecule has 2 rings (SSSR count). The molecule has 2 unspecified atom stereocenters. The third kappa shape index (κ3) is 5.19. The van der Waals surface area contributed by atoms with E-state index >= 15 is 0 Å². The molecule has 0 amide bonds. The summed E-state index contributed by atoms with van der Waals surface area (Å²) in [5.74, 6) is 1.99. The van der Waals surface area contributed by atoms with Gasteiger partial charge in [0, 0.05) is 17.4 Å². The van der Waals surface area contributed by atoms with Gasteiger partial charge in [0.1, 0.15) is 5.75 Å². The van der Waals surface area contributed by atoms with Crippen molar-refractivity contribution in [1.82, 2.24) is 15.5 Å². The Balaban J connectivity index is 0.00000242. The molecule has 0 radical (unpaired) electrons. The molecule has 5 nitrogen and oxygen atoms in total. The van der Waals surface area contributed by atoms with E-state index in [1.54, 1.807) is 11.8 Å². The molecule has 0 spiro atoms. The first kappa shape index (κ1) is 18.8. The maximum atomic E-state index is 5.82. The van der Waals surface area contributed by atoms with Gasteiger partial charge >= 0.3 is 0 Å². The Morgan fingerprint density at radius 2 is 1.95 bits per heavy atom. The van der Waals surface area contributed by atoms with Crippen LogP contribution in [0.5, 0.6) is 5.75 Å². The average Bonchev–Trinajstić information content (AvgIpc) is 2.96. The lowest BCUT2D eigenvalue weighted by atomic mass is 10.2. The van der Waals surface area contributed by atoms with Crippen molar-refractivity contribution in [3.05, 3.63) is 36.0 Å². The Morgan fingerprint density at radius 1 is 1.27 bits per heavy atom. The lowest BCUT2D eigenvalue weighted by Gasteiger charge is -2.10. The Morgan fingerprint density at radius 3 is 2.55 bits per heavy atom. The fourth-order valence-electron chi connectivity index (χ4n) is 1.80. The molecule has 0 aliphatic carbocycles. The molecule has 22 heavy (non-hydrogen) atoms. The van der Waals surface area contributed by atoms with Crippen LogP contribution in [0.1, 0.15) is 31.7 Å². The summed E-state index contributed by atoms with van der Waals surface area (Å²) in [5, 5.41) is 7.13. The zero-order chi connectivity index (χ0) is 15.2. The predicted octanol–water partition coefficient (Wildman–Crippen LogP) is 3.50. The summed E-state index contributed by atoms with van der Waals surface area (Å²) in [6.45, 7) is 3.98. The van der Waals surface area contributed by atoms with Crippen LogP contribution in [-0.4, -0.2) is 29.5 Å². The van der Waals surface area contributed by atoms with Gasteiger partial charge in [-0.25, -0.2) is 0 Å². The Labute approximate surface area is 141 Å². The lowest BCUT2D eigenvalue weighted by Crippen LogP contribution is -2.24. The average molecular weight is 344 g/mol. The highest BCUT2D eigenvalue weighted by Crippen LogP contribution is 2.23. The minimum atomic E-state index is -0.267. The molecule has 1 aromatic carbocycles. The second-order valence-corrected chi connectivity index (χ2v) is 5.76. The third-order valence-corrected chi connectivity index (χ3v) is 3.93. The first-order chi connectivity index (χ1) is 10.1. The number of halogens is 1. The number of likely N-dealkylation sites (N-methyl/N-ethyl adjacent to an activating group) is 1. The molecule has 7 heteroatoms. The molecule has 0 saturated carbocycles. The fourth-order valence-corrected chi connectivity index (χ4v) is 2.21. The molecule has 2 aromatic rings. The van der Waals surface area contributed by atoms with E-state index in [9.17, 15) is 0 Å². The van der Waals surface area contributed by atoms with Crippen molar-refractivity contribution in [2.24, 2.45) is 0 Å². The van der Waals surface area contributed by atoms with E-state index in [-0.39, 0.29) is 18.5 Å². The maximum absolute atomic E-state index is 5.82. The number of ether oxygens (including phenoxy) is 1. The number of rotatable bonds is 7. The van der Waals surface area contributed by atoms with Crippen LogP contribution in [0.3, 0.4) is 0 Å². The van der Waals surface area contributed by atoms with E-state index < -0.39 is 0 Å². The van der Waals surface area contributed by atoms with Crippen molar-refractivity contribution >= 4 is 24.2 Å². The number of aromatic nitrogens is 2. The first-order valence-corrected chi connectivity index (χ1v) is 8.15. The van der Waals surface area contributed by atoms with Gasteiger partial charge in [-0.3, -0.25) is 0 Å². The van der Waals surface area contributed by atoms with E-state index in [1.807, 2.05) is 44.5 Å². The largest absolute Gasteiger partial charge is 0.481 e. The summed E-state index contributed by atoms with van der Waals surface area (Å²) < 4.78 is 11.1. The highest BCUT2D eigenvalue weighted by Gasteiger charge is 2.17. The number of thioether (sulfide) groups is 1. The zero-order valence-corrected chi connectivity index (χ0v) is 14.8. The minimum Gasteiger partial charge on any atom is -0.481 e. The molecule has 0 saturated heterocycles. The van der Waals surface area contributed by atoms with Gasteiger partial charge in [0.2, 0.25) is 0 Å². The molecule has 0 bridgehead atoms. The summed E-state index contributed by atoms with van der Waals surface area (Å²) in [6, 6.07) is 8.26. The summed E-state index contributed by atoms with van der Waals surface area (Å²) in [4.78, 5) is 5.59. The molecule has 0 aliphatic rings. The molecule has 0 aliphatic heterocycles. The number of hydrogen-bond donors (Lipinski definition) is 1. The molecule has 0 fully saturated rings. The van der Waals surface area contributed by atoms with Crippen LogP contribution < -0.4 is 10.1 Å². The molecule has 122 valence electrons. The van der Waals surface area contributed by atoms with Gasteiger partial charge in [0.25, 0.3) is 5.89 Å². The van der Waals surface area contributed by atoms with Crippen LogP contribution in [0.25, 0.3) is 0 Å². The van der Waals surface area contributed by atoms with Crippen molar-refractivity contribution in [3.8, 4) is 5.75 Å². The van der Waals surface area contributed by atoms with E-state index in [1.165, 1.54) is 4.90 Å². The second-order valence-electron chi connectivity index (χ2n) is 4.88. The van der Waals surface area contributed by atoms with Gasteiger partial charge in [0.15, 0.2) is 11.9 Å². The Hall–Kier alpha value is -1.24. The zero-order valence-electron chi connectivity index (χ0n) is 13.2. The van der Waals surface area contributed by atoms with Crippen molar-refractivity contribution in [2.45, 2.75) is 37.3 Å². The van der Waals surface area contributed by atoms with Crippen molar-refractivity contribution in [2.75, 3.05) is 13.3 Å². The number of hydrogen-bond acceptors (Lipinski definition) is 6. The van der Waals surface area contributed by atoms with Gasteiger partial charge in [-0.15, -0.1) is 24.2 Å². The maximum Gasteiger partial charge on any atom is 0.267 e. The van der Waals surface area contributed by atoms with E-state index in [0.717, 1.165) is 12.2 Å². The van der Waals surface area contributed by atoms with Gasteiger partial charge in [0.05, 0.1) is 0 Å². The van der Waals surface area contributed by atoms with Gasteiger partial charge < -0.3 is 14.6 Å². The first-order valence-electron chi connectivity index (χ1n) is 6.92. The summed E-state index contributed by atoms with van der Waals surface area (Å²) in [5.41, 5.74) is 0. The smallest absolute Gasteiger partial charge is 0.267 e. The SMILES string of the molecule is CNC(C)Cc1noc(C(C)Oc2ccc(SC)cc2)n1.Cl. The highest BCUT2D eigenvalue weighted by molar-refractivity contribution is 7.98. The third-order valence-electron chi connectivity index (χ3n) is 3.19. The fraction of sp³-hybridized carbons (Fsp3) is 0.467. The standard InChI is InChI=1S/C15H21N3O2S.ClH/c1-10(16-3)9-14-17-15(20-18-14)11(2)19-12-5-7-13(21-4)8-6-12;/h5-8,10-11,16H,9H2,1-4H3;1H. The summed E-state index contributed by atoms with van der Waals surface area (Å²) in [6.07, 6.45) is 2.51. The van der Waals surface area contributed by atoms with Crippen LogP contribution in [0, 0.1) is 0 Å². The van der Waals surface area contributed by atoms with Gasteiger partial charge in [-0.2, -0.15) is 4.98 Å². The van der Waals surface area contributed by atoms with E-state index in [4.69, 9.17) is 9.26 Å². The molecular formula is C15H22ClN3O2S. The van der Waals surface area contributed by atoms with Crippen LogP contribution in [0.4, 0.5) is 0 Å². The molecular weight excluding hydrogens is 322 g/mol. The van der Waals surface area contributed by atoms with E-state index in [2.05, 4.69) is 22.4 Å². The van der Waals surface area contributed by atoms with Crippen molar-refractivity contribution in [3.63, 3.8) is 0 Å². The normalized spacial score (nSPS) is 13.3. The van der Waals surface area contributed by atoms with Gasteiger partial charge in [-0.05, 0) is 51.4 Å². The Kier molecular flexibility index (Phi) is 7.72. The number of nitrogens with zero attached hydrogens (tertiary/aromatic N) is 2.